The third kappa shape index (κ3) is 5.30. The largest absolute Gasteiger partial charge is 0.411 e. The number of aliphatic hydroxyl groups excluding tert-OH is 1. The van der Waals surface area contributed by atoms with Gasteiger partial charge in [0, 0.05) is 5.41 Å². The molecule has 0 unspecified atom stereocenters. The minimum absolute atomic E-state index is 0.000126. The van der Waals surface area contributed by atoms with Gasteiger partial charge in [0.1, 0.15) is 6.61 Å². The normalized spacial score (nSPS) is 29.5. The van der Waals surface area contributed by atoms with Crippen molar-refractivity contribution in [3.05, 3.63) is 0 Å². The molecule has 1 aliphatic rings. The van der Waals surface area contributed by atoms with E-state index in [1.807, 2.05) is 0 Å². The van der Waals surface area contributed by atoms with Crippen LogP contribution < -0.4 is 0 Å². The van der Waals surface area contributed by atoms with Gasteiger partial charge in [0.2, 0.25) is 0 Å². The van der Waals surface area contributed by atoms with Crippen LogP contribution in [0, 0.1) is 16.7 Å². The lowest BCUT2D eigenvalue weighted by Gasteiger charge is -2.43. The maximum Gasteiger partial charge on any atom is 0.411 e. The van der Waals surface area contributed by atoms with Crippen LogP contribution in [0.5, 0.6) is 0 Å². The van der Waals surface area contributed by atoms with Crippen LogP contribution in [0.1, 0.15) is 46.5 Å². The van der Waals surface area contributed by atoms with Gasteiger partial charge in [0.15, 0.2) is 0 Å². The molecule has 0 aromatic rings. The second-order valence-corrected chi connectivity index (χ2v) is 6.91. The Morgan fingerprint density at radius 2 is 1.68 bits per heavy atom. The zero-order chi connectivity index (χ0) is 14.7. The zero-order valence-corrected chi connectivity index (χ0v) is 12.0. The summed E-state index contributed by atoms with van der Waals surface area (Å²) in [7, 11) is 0. The van der Waals surface area contributed by atoms with Gasteiger partial charge in [-0.3, -0.25) is 0 Å². The number of hydrogen-bond donors (Lipinski definition) is 1. The van der Waals surface area contributed by atoms with E-state index in [9.17, 15) is 18.3 Å². The molecular formula is C14H25F3O2. The molecule has 0 heterocycles. The van der Waals surface area contributed by atoms with Crippen LogP contribution in [0.2, 0.25) is 0 Å². The van der Waals surface area contributed by atoms with E-state index in [0.29, 0.717) is 5.92 Å². The van der Waals surface area contributed by atoms with E-state index in [2.05, 4.69) is 20.8 Å². The smallest absolute Gasteiger partial charge is 0.396 e. The van der Waals surface area contributed by atoms with E-state index in [1.54, 1.807) is 0 Å². The first kappa shape index (κ1) is 16.8. The van der Waals surface area contributed by atoms with Gasteiger partial charge in [0.05, 0.1) is 13.2 Å². The monoisotopic (exact) mass is 282 g/mol. The van der Waals surface area contributed by atoms with Crippen LogP contribution >= 0.6 is 0 Å². The Kier molecular flexibility index (Phi) is 5.29. The standard InChI is InChI=1S/C14H25F3O2/c1-12(2,3)11-4-6-13(8-18,7-5-11)9-19-10-14(15,16)17/h11,18H,4-10H2,1-3H3. The van der Waals surface area contributed by atoms with Crippen molar-refractivity contribution < 1.29 is 23.0 Å². The topological polar surface area (TPSA) is 29.5 Å². The van der Waals surface area contributed by atoms with Gasteiger partial charge in [-0.15, -0.1) is 0 Å². The maximum absolute atomic E-state index is 12.1. The molecule has 1 aliphatic carbocycles. The molecule has 0 radical (unpaired) electrons. The average molecular weight is 282 g/mol. The molecule has 0 amide bonds. The van der Waals surface area contributed by atoms with Crippen molar-refractivity contribution in [2.24, 2.45) is 16.7 Å². The number of halogens is 3. The molecule has 1 rings (SSSR count). The highest BCUT2D eigenvalue weighted by Crippen LogP contribution is 2.45. The van der Waals surface area contributed by atoms with Crippen LogP contribution in [0.15, 0.2) is 0 Å². The Labute approximate surface area is 113 Å². The summed E-state index contributed by atoms with van der Waals surface area (Å²) < 4.78 is 41.0. The summed E-state index contributed by atoms with van der Waals surface area (Å²) in [6, 6.07) is 0. The first-order valence-corrected chi connectivity index (χ1v) is 6.83. The lowest BCUT2D eigenvalue weighted by Crippen LogP contribution is -2.39. The van der Waals surface area contributed by atoms with E-state index in [1.165, 1.54) is 0 Å². The molecule has 0 spiro atoms. The molecule has 0 atom stereocenters. The molecular weight excluding hydrogens is 257 g/mol. The summed E-state index contributed by atoms with van der Waals surface area (Å²) in [6.07, 6.45) is -0.926. The highest BCUT2D eigenvalue weighted by atomic mass is 19.4. The van der Waals surface area contributed by atoms with Gasteiger partial charge in [-0.2, -0.15) is 13.2 Å². The van der Waals surface area contributed by atoms with E-state index in [4.69, 9.17) is 4.74 Å². The van der Waals surface area contributed by atoms with Crippen LogP contribution in [0.4, 0.5) is 13.2 Å². The molecule has 1 fully saturated rings. The highest BCUT2D eigenvalue weighted by Gasteiger charge is 2.39. The Bertz CT molecular complexity index is 268. The Balaban J connectivity index is 2.47. The van der Waals surface area contributed by atoms with Gasteiger partial charge in [-0.1, -0.05) is 20.8 Å². The van der Waals surface area contributed by atoms with Gasteiger partial charge in [-0.05, 0) is 37.0 Å². The minimum atomic E-state index is -4.29. The fourth-order valence-corrected chi connectivity index (χ4v) is 2.83. The molecule has 0 aromatic heterocycles. The summed E-state index contributed by atoms with van der Waals surface area (Å²) in [4.78, 5) is 0. The number of aliphatic hydroxyl groups is 1. The molecule has 0 aromatic carbocycles. The van der Waals surface area contributed by atoms with Crippen molar-refractivity contribution in [1.82, 2.24) is 0 Å². The van der Waals surface area contributed by atoms with Crippen molar-refractivity contribution in [2.75, 3.05) is 19.8 Å². The second kappa shape index (κ2) is 6.00. The van der Waals surface area contributed by atoms with E-state index >= 15 is 0 Å². The second-order valence-electron chi connectivity index (χ2n) is 6.91. The Hall–Kier alpha value is -0.290. The molecule has 1 saturated carbocycles. The number of rotatable bonds is 4. The fraction of sp³-hybridized carbons (Fsp3) is 1.00. The lowest BCUT2D eigenvalue weighted by atomic mass is 9.64. The first-order valence-electron chi connectivity index (χ1n) is 6.83. The summed E-state index contributed by atoms with van der Waals surface area (Å²) in [5.41, 5.74) is -0.262. The molecule has 1 N–H and O–H groups in total. The molecule has 0 saturated heterocycles. The Morgan fingerprint density at radius 1 is 1.16 bits per heavy atom. The highest BCUT2D eigenvalue weighted by molar-refractivity contribution is 4.88. The van der Waals surface area contributed by atoms with Gasteiger partial charge in [-0.25, -0.2) is 0 Å². The van der Waals surface area contributed by atoms with Gasteiger partial charge in [0.25, 0.3) is 0 Å². The van der Waals surface area contributed by atoms with Crippen molar-refractivity contribution in [3.63, 3.8) is 0 Å². The zero-order valence-electron chi connectivity index (χ0n) is 12.0. The van der Waals surface area contributed by atoms with Crippen LogP contribution in [0.25, 0.3) is 0 Å². The van der Waals surface area contributed by atoms with Crippen molar-refractivity contribution >= 4 is 0 Å². The summed E-state index contributed by atoms with van der Waals surface area (Å²) in [5.74, 6) is 0.565. The van der Waals surface area contributed by atoms with Crippen LogP contribution in [0.3, 0.4) is 0 Å². The van der Waals surface area contributed by atoms with Gasteiger partial charge >= 0.3 is 6.18 Å². The summed E-state index contributed by atoms with van der Waals surface area (Å²) in [5, 5.41) is 9.50. The number of alkyl halides is 3. The minimum Gasteiger partial charge on any atom is -0.396 e. The summed E-state index contributed by atoms with van der Waals surface area (Å²) in [6.45, 7) is 5.23. The van der Waals surface area contributed by atoms with Crippen LogP contribution in [-0.2, 0) is 4.74 Å². The molecule has 0 aliphatic heterocycles. The molecule has 2 nitrogen and oxygen atoms in total. The molecule has 5 heteroatoms. The van der Waals surface area contributed by atoms with Crippen molar-refractivity contribution in [3.8, 4) is 0 Å². The average Bonchev–Trinajstić information content (AvgIpc) is 2.26. The molecule has 114 valence electrons. The SMILES string of the molecule is CC(C)(C)C1CCC(CO)(COCC(F)(F)F)CC1. The predicted molar refractivity (Wildman–Crippen MR) is 67.8 cm³/mol. The lowest BCUT2D eigenvalue weighted by molar-refractivity contribution is -0.185. The number of ether oxygens (including phenoxy) is 1. The first-order chi connectivity index (χ1) is 8.58. The third-order valence-electron chi connectivity index (χ3n) is 4.28. The van der Waals surface area contributed by atoms with Gasteiger partial charge < -0.3 is 9.84 Å². The van der Waals surface area contributed by atoms with E-state index < -0.39 is 18.2 Å². The van der Waals surface area contributed by atoms with E-state index in [0.717, 1.165) is 25.7 Å². The fourth-order valence-electron chi connectivity index (χ4n) is 2.83. The third-order valence-corrected chi connectivity index (χ3v) is 4.28. The molecule has 0 bridgehead atoms. The quantitative estimate of drug-likeness (QED) is 0.850. The van der Waals surface area contributed by atoms with Crippen molar-refractivity contribution in [2.45, 2.75) is 52.6 Å². The maximum atomic E-state index is 12.1. The Morgan fingerprint density at radius 3 is 2.05 bits per heavy atom. The van der Waals surface area contributed by atoms with Crippen molar-refractivity contribution in [1.29, 1.82) is 0 Å². The predicted octanol–water partition coefficient (Wildman–Crippen LogP) is 3.78. The molecule has 19 heavy (non-hydrogen) atoms. The summed E-state index contributed by atoms with van der Waals surface area (Å²) >= 11 is 0. The van der Waals surface area contributed by atoms with E-state index in [-0.39, 0.29) is 18.6 Å². The number of hydrogen-bond acceptors (Lipinski definition) is 2. The van der Waals surface area contributed by atoms with Crippen LogP contribution in [-0.4, -0.2) is 31.1 Å².